The minimum absolute atomic E-state index is 0.106. The second kappa shape index (κ2) is 4.38. The first-order chi connectivity index (χ1) is 8.74. The van der Waals surface area contributed by atoms with Gasteiger partial charge in [0.1, 0.15) is 11.3 Å². The van der Waals surface area contributed by atoms with Crippen LogP contribution in [0.2, 0.25) is 0 Å². The van der Waals surface area contributed by atoms with Crippen molar-refractivity contribution < 1.29 is 9.18 Å². The summed E-state index contributed by atoms with van der Waals surface area (Å²) in [4.78, 5) is 19.0. The number of H-pyrrole nitrogens is 1. The fourth-order valence-corrected chi connectivity index (χ4v) is 2.23. The molecule has 6 heteroatoms. The van der Waals surface area contributed by atoms with E-state index in [4.69, 9.17) is 0 Å². The Bertz CT molecular complexity index is 589. The van der Waals surface area contributed by atoms with Crippen LogP contribution in [0.3, 0.4) is 0 Å². The molecule has 0 bridgehead atoms. The molecule has 0 radical (unpaired) electrons. The lowest BCUT2D eigenvalue weighted by molar-refractivity contribution is 0.0941. The normalized spacial score (nSPS) is 19.3. The molecule has 5 nitrogen and oxygen atoms in total. The molecular formula is C12H13FN4O. The Kier molecular flexibility index (Phi) is 2.71. The zero-order valence-corrected chi connectivity index (χ0v) is 9.66. The largest absolute Gasteiger partial charge is 0.348 e. The number of imidazole rings is 1. The van der Waals surface area contributed by atoms with Crippen molar-refractivity contribution in [1.29, 1.82) is 0 Å². The average molecular weight is 248 g/mol. The fraction of sp³-hybridized carbons (Fsp3) is 0.333. The molecule has 0 saturated carbocycles. The van der Waals surface area contributed by atoms with Crippen LogP contribution < -0.4 is 10.6 Å². The van der Waals surface area contributed by atoms with E-state index in [-0.39, 0.29) is 17.5 Å². The molecule has 94 valence electrons. The van der Waals surface area contributed by atoms with Crippen LogP contribution in [0, 0.1) is 5.82 Å². The zero-order valence-electron chi connectivity index (χ0n) is 9.66. The summed E-state index contributed by atoms with van der Waals surface area (Å²) in [5.74, 6) is -0.721. The third-order valence-electron chi connectivity index (χ3n) is 3.13. The molecule has 1 amide bonds. The summed E-state index contributed by atoms with van der Waals surface area (Å²) in [6.07, 6.45) is 2.35. The van der Waals surface area contributed by atoms with Crippen LogP contribution in [0.4, 0.5) is 4.39 Å². The maximum atomic E-state index is 13.4. The number of amides is 1. The first-order valence-electron chi connectivity index (χ1n) is 5.88. The number of halogens is 1. The lowest BCUT2D eigenvalue weighted by Crippen LogP contribution is -2.36. The van der Waals surface area contributed by atoms with Gasteiger partial charge in [0, 0.05) is 12.6 Å². The van der Waals surface area contributed by atoms with Gasteiger partial charge in [-0.2, -0.15) is 0 Å². The molecular weight excluding hydrogens is 235 g/mol. The number of nitrogens with zero attached hydrogens (tertiary/aromatic N) is 1. The van der Waals surface area contributed by atoms with Crippen molar-refractivity contribution in [3.8, 4) is 0 Å². The quantitative estimate of drug-likeness (QED) is 0.736. The number of hydrogen-bond acceptors (Lipinski definition) is 3. The van der Waals surface area contributed by atoms with Gasteiger partial charge in [-0.1, -0.05) is 0 Å². The summed E-state index contributed by atoms with van der Waals surface area (Å²) < 4.78 is 13.4. The zero-order chi connectivity index (χ0) is 12.5. The predicted molar refractivity (Wildman–Crippen MR) is 64.8 cm³/mol. The molecule has 1 fully saturated rings. The first-order valence-corrected chi connectivity index (χ1v) is 5.88. The SMILES string of the molecule is O=C(NC1CCNC1)c1cc(F)cc2[nH]cnc12. The number of hydrogen-bond donors (Lipinski definition) is 3. The van der Waals surface area contributed by atoms with Gasteiger partial charge < -0.3 is 15.6 Å². The Morgan fingerprint density at radius 2 is 2.39 bits per heavy atom. The molecule has 1 saturated heterocycles. The molecule has 1 aliphatic rings. The Morgan fingerprint density at radius 3 is 3.17 bits per heavy atom. The summed E-state index contributed by atoms with van der Waals surface area (Å²) in [7, 11) is 0. The van der Waals surface area contributed by atoms with E-state index in [0.29, 0.717) is 11.0 Å². The minimum atomic E-state index is -0.443. The highest BCUT2D eigenvalue weighted by Crippen LogP contribution is 2.17. The number of aromatic nitrogens is 2. The molecule has 3 rings (SSSR count). The van der Waals surface area contributed by atoms with Crippen LogP contribution in [0.1, 0.15) is 16.8 Å². The summed E-state index contributed by atoms with van der Waals surface area (Å²) in [5.41, 5.74) is 1.31. The molecule has 0 aliphatic carbocycles. The molecule has 1 aliphatic heterocycles. The highest BCUT2D eigenvalue weighted by molar-refractivity contribution is 6.04. The Morgan fingerprint density at radius 1 is 1.50 bits per heavy atom. The number of carbonyl (C=O) groups excluding carboxylic acids is 1. The second-order valence-electron chi connectivity index (χ2n) is 4.42. The van der Waals surface area contributed by atoms with Crippen molar-refractivity contribution >= 4 is 16.9 Å². The van der Waals surface area contributed by atoms with E-state index in [9.17, 15) is 9.18 Å². The summed E-state index contributed by atoms with van der Waals surface area (Å²) in [5, 5.41) is 6.04. The standard InChI is InChI=1S/C12H13FN4O/c13-7-3-9(11-10(4-7)15-6-16-11)12(18)17-8-1-2-14-5-8/h3-4,6,8,14H,1-2,5H2,(H,15,16)(H,17,18). The van der Waals surface area contributed by atoms with E-state index >= 15 is 0 Å². The van der Waals surface area contributed by atoms with Gasteiger partial charge in [-0.25, -0.2) is 9.37 Å². The van der Waals surface area contributed by atoms with E-state index in [0.717, 1.165) is 19.5 Å². The van der Waals surface area contributed by atoms with Crippen LogP contribution >= 0.6 is 0 Å². The molecule has 1 atom stereocenters. The average Bonchev–Trinajstić information content (AvgIpc) is 2.97. The Hall–Kier alpha value is -1.95. The summed E-state index contributed by atoms with van der Waals surface area (Å²) >= 11 is 0. The van der Waals surface area contributed by atoms with E-state index in [1.165, 1.54) is 18.5 Å². The van der Waals surface area contributed by atoms with Gasteiger partial charge in [0.2, 0.25) is 0 Å². The molecule has 18 heavy (non-hydrogen) atoms. The highest BCUT2D eigenvalue weighted by Gasteiger charge is 2.20. The van der Waals surface area contributed by atoms with Crippen LogP contribution in [-0.2, 0) is 0 Å². The van der Waals surface area contributed by atoms with Gasteiger partial charge in [0.05, 0.1) is 17.4 Å². The van der Waals surface area contributed by atoms with Gasteiger partial charge in [-0.3, -0.25) is 4.79 Å². The van der Waals surface area contributed by atoms with Gasteiger partial charge in [0.25, 0.3) is 5.91 Å². The molecule has 2 heterocycles. The lowest BCUT2D eigenvalue weighted by atomic mass is 10.1. The summed E-state index contributed by atoms with van der Waals surface area (Å²) in [6, 6.07) is 2.66. The van der Waals surface area contributed by atoms with Crippen LogP contribution in [0.15, 0.2) is 18.5 Å². The Balaban J connectivity index is 1.92. The number of fused-ring (bicyclic) bond motifs is 1. The van der Waals surface area contributed by atoms with Crippen LogP contribution in [-0.4, -0.2) is 35.0 Å². The van der Waals surface area contributed by atoms with E-state index in [2.05, 4.69) is 20.6 Å². The maximum Gasteiger partial charge on any atom is 0.253 e. The molecule has 3 N–H and O–H groups in total. The van der Waals surface area contributed by atoms with Gasteiger partial charge in [-0.05, 0) is 25.1 Å². The van der Waals surface area contributed by atoms with E-state index < -0.39 is 5.82 Å². The molecule has 0 spiro atoms. The van der Waals surface area contributed by atoms with Gasteiger partial charge in [0.15, 0.2) is 0 Å². The van der Waals surface area contributed by atoms with Crippen molar-refractivity contribution in [2.24, 2.45) is 0 Å². The molecule has 1 aromatic heterocycles. The number of carbonyl (C=O) groups is 1. The van der Waals surface area contributed by atoms with E-state index in [1.54, 1.807) is 0 Å². The number of aromatic amines is 1. The van der Waals surface area contributed by atoms with Crippen LogP contribution in [0.5, 0.6) is 0 Å². The number of rotatable bonds is 2. The van der Waals surface area contributed by atoms with Crippen molar-refractivity contribution in [3.63, 3.8) is 0 Å². The maximum absolute atomic E-state index is 13.4. The van der Waals surface area contributed by atoms with E-state index in [1.807, 2.05) is 0 Å². The third-order valence-corrected chi connectivity index (χ3v) is 3.13. The van der Waals surface area contributed by atoms with Gasteiger partial charge >= 0.3 is 0 Å². The monoisotopic (exact) mass is 248 g/mol. The Labute approximate surface area is 103 Å². The predicted octanol–water partition coefficient (Wildman–Crippen LogP) is 0.794. The molecule has 1 unspecified atom stereocenters. The van der Waals surface area contributed by atoms with Crippen molar-refractivity contribution in [1.82, 2.24) is 20.6 Å². The summed E-state index contributed by atoms with van der Waals surface area (Å²) in [6.45, 7) is 1.65. The number of benzene rings is 1. The van der Waals surface area contributed by atoms with Crippen molar-refractivity contribution in [3.05, 3.63) is 29.8 Å². The molecule has 2 aromatic rings. The lowest BCUT2D eigenvalue weighted by Gasteiger charge is -2.11. The first kappa shape index (κ1) is 11.2. The number of nitrogens with one attached hydrogen (secondary N) is 3. The second-order valence-corrected chi connectivity index (χ2v) is 4.42. The fourth-order valence-electron chi connectivity index (χ4n) is 2.23. The highest BCUT2D eigenvalue weighted by atomic mass is 19.1. The molecule has 1 aromatic carbocycles. The topological polar surface area (TPSA) is 69.8 Å². The van der Waals surface area contributed by atoms with Crippen molar-refractivity contribution in [2.75, 3.05) is 13.1 Å². The van der Waals surface area contributed by atoms with Crippen LogP contribution in [0.25, 0.3) is 11.0 Å². The third kappa shape index (κ3) is 1.95. The van der Waals surface area contributed by atoms with Gasteiger partial charge in [-0.15, -0.1) is 0 Å². The smallest absolute Gasteiger partial charge is 0.253 e. The minimum Gasteiger partial charge on any atom is -0.348 e. The van der Waals surface area contributed by atoms with Crippen molar-refractivity contribution in [2.45, 2.75) is 12.5 Å².